The van der Waals surface area contributed by atoms with Gasteiger partial charge in [-0.2, -0.15) is 0 Å². The fraction of sp³-hybridized carbons (Fsp3) is 0.609. The van der Waals surface area contributed by atoms with Crippen molar-refractivity contribution in [3.63, 3.8) is 0 Å². The van der Waals surface area contributed by atoms with Gasteiger partial charge in [0.2, 0.25) is 0 Å². The van der Waals surface area contributed by atoms with Crippen LogP contribution in [0.5, 0.6) is 0 Å². The van der Waals surface area contributed by atoms with Crippen molar-refractivity contribution in [1.82, 2.24) is 19.8 Å². The van der Waals surface area contributed by atoms with Gasteiger partial charge in [0.15, 0.2) is 5.69 Å². The van der Waals surface area contributed by atoms with Crippen LogP contribution in [0.1, 0.15) is 55.9 Å². The molecule has 4 rings (SSSR count). The Labute approximate surface area is 177 Å². The Kier molecular flexibility index (Phi) is 6.20. The van der Waals surface area contributed by atoms with Crippen molar-refractivity contribution >= 4 is 16.9 Å². The van der Waals surface area contributed by atoms with E-state index in [1.807, 2.05) is 12.1 Å². The molecular weight excluding hydrogens is 380 g/mol. The smallest absolute Gasteiger partial charge is 0.280 e. The molecule has 2 aliphatic heterocycles. The van der Waals surface area contributed by atoms with E-state index in [9.17, 15) is 14.7 Å². The van der Waals surface area contributed by atoms with E-state index in [1.165, 1.54) is 19.3 Å². The molecule has 1 atom stereocenters. The predicted molar refractivity (Wildman–Crippen MR) is 117 cm³/mol. The summed E-state index contributed by atoms with van der Waals surface area (Å²) in [6, 6.07) is 7.25. The third-order valence-electron chi connectivity index (χ3n) is 6.69. The average Bonchev–Trinajstić information content (AvgIpc) is 2.73. The molecule has 30 heavy (non-hydrogen) atoms. The molecule has 2 aliphatic rings. The number of fused-ring (bicyclic) bond motifs is 1. The highest BCUT2D eigenvalue weighted by Gasteiger charge is 2.42. The van der Waals surface area contributed by atoms with Gasteiger partial charge in [-0.25, -0.2) is 4.98 Å². The molecule has 1 aromatic carbocycles. The molecule has 2 fully saturated rings. The molecule has 2 aromatic rings. The van der Waals surface area contributed by atoms with Crippen LogP contribution in [0.15, 0.2) is 29.1 Å². The average molecular weight is 413 g/mol. The van der Waals surface area contributed by atoms with Gasteiger partial charge >= 0.3 is 0 Å². The van der Waals surface area contributed by atoms with E-state index < -0.39 is 5.56 Å². The number of aliphatic hydroxyl groups is 1. The summed E-state index contributed by atoms with van der Waals surface area (Å²) < 4.78 is 0. The summed E-state index contributed by atoms with van der Waals surface area (Å²) in [4.78, 5) is 36.7. The SMILES string of the molecule is CCCCCN1CC(O)CC2(CCN(C(=O)c3nc4ccccc4[nH]c3=O)CC2)C1. The largest absolute Gasteiger partial charge is 0.392 e. The number of aromatic amines is 1. The molecular formula is C23H32N4O3. The third-order valence-corrected chi connectivity index (χ3v) is 6.69. The molecule has 1 unspecified atom stereocenters. The van der Waals surface area contributed by atoms with Crippen LogP contribution < -0.4 is 5.56 Å². The van der Waals surface area contributed by atoms with Crippen LogP contribution >= 0.6 is 0 Å². The van der Waals surface area contributed by atoms with Gasteiger partial charge in [-0.1, -0.05) is 31.9 Å². The summed E-state index contributed by atoms with van der Waals surface area (Å²) in [5.74, 6) is -0.298. The van der Waals surface area contributed by atoms with Crippen LogP contribution in [0.2, 0.25) is 0 Å². The minimum Gasteiger partial charge on any atom is -0.392 e. The highest BCUT2D eigenvalue weighted by Crippen LogP contribution is 2.40. The number of aliphatic hydroxyl groups excluding tert-OH is 1. The number of aromatic nitrogens is 2. The Balaban J connectivity index is 1.43. The molecule has 2 saturated heterocycles. The van der Waals surface area contributed by atoms with E-state index in [0.717, 1.165) is 38.9 Å². The number of piperidine rings is 2. The standard InChI is InChI=1S/C23H32N4O3/c1-2-3-6-11-26-15-17(28)14-23(16-26)9-12-27(13-10-23)22(30)20-21(29)25-19-8-5-4-7-18(19)24-20/h4-5,7-8,17,28H,2-3,6,9-16H2,1H3,(H,25,29). The number of nitrogens with zero attached hydrogens (tertiary/aromatic N) is 3. The number of carbonyl (C=O) groups excluding carboxylic acids is 1. The molecule has 0 radical (unpaired) electrons. The molecule has 162 valence electrons. The predicted octanol–water partition coefficient (Wildman–Crippen LogP) is 2.40. The fourth-order valence-corrected chi connectivity index (χ4v) is 5.09. The van der Waals surface area contributed by atoms with E-state index in [-0.39, 0.29) is 23.1 Å². The number of likely N-dealkylation sites (tertiary alicyclic amines) is 2. The van der Waals surface area contributed by atoms with Gasteiger partial charge in [0.05, 0.1) is 17.1 Å². The zero-order valence-corrected chi connectivity index (χ0v) is 17.8. The number of unbranched alkanes of at least 4 members (excludes halogenated alkanes) is 2. The molecule has 0 saturated carbocycles. The van der Waals surface area contributed by atoms with Crippen molar-refractivity contribution in [2.75, 3.05) is 32.7 Å². The van der Waals surface area contributed by atoms with Crippen molar-refractivity contribution in [2.45, 2.75) is 51.6 Å². The number of rotatable bonds is 5. The normalized spacial score (nSPS) is 21.9. The number of carbonyl (C=O) groups is 1. The molecule has 7 heteroatoms. The van der Waals surface area contributed by atoms with E-state index in [1.54, 1.807) is 17.0 Å². The Hall–Kier alpha value is -2.25. The van der Waals surface area contributed by atoms with Crippen LogP contribution in [0, 0.1) is 5.41 Å². The quantitative estimate of drug-likeness (QED) is 0.736. The molecule has 1 spiro atoms. The summed E-state index contributed by atoms with van der Waals surface area (Å²) in [6.07, 6.45) is 5.79. The van der Waals surface area contributed by atoms with E-state index in [4.69, 9.17) is 0 Å². The number of hydrogen-bond donors (Lipinski definition) is 2. The maximum atomic E-state index is 13.0. The Morgan fingerprint density at radius 1 is 1.27 bits per heavy atom. The molecule has 1 amide bonds. The fourth-order valence-electron chi connectivity index (χ4n) is 5.09. The second-order valence-corrected chi connectivity index (χ2v) is 9.02. The van der Waals surface area contributed by atoms with Gasteiger partial charge in [0, 0.05) is 26.2 Å². The second-order valence-electron chi connectivity index (χ2n) is 9.02. The Morgan fingerprint density at radius 3 is 2.80 bits per heavy atom. The lowest BCUT2D eigenvalue weighted by molar-refractivity contribution is -0.0379. The molecule has 3 heterocycles. The van der Waals surface area contributed by atoms with Crippen molar-refractivity contribution in [3.8, 4) is 0 Å². The van der Waals surface area contributed by atoms with Crippen LogP contribution in [0.4, 0.5) is 0 Å². The van der Waals surface area contributed by atoms with Gasteiger partial charge in [-0.05, 0) is 49.8 Å². The van der Waals surface area contributed by atoms with E-state index >= 15 is 0 Å². The lowest BCUT2D eigenvalue weighted by atomic mass is 9.71. The number of nitrogens with one attached hydrogen (secondary N) is 1. The zero-order valence-electron chi connectivity index (χ0n) is 17.8. The number of para-hydroxylation sites is 2. The molecule has 7 nitrogen and oxygen atoms in total. The van der Waals surface area contributed by atoms with Crippen molar-refractivity contribution in [2.24, 2.45) is 5.41 Å². The summed E-state index contributed by atoms with van der Waals surface area (Å²) in [7, 11) is 0. The maximum absolute atomic E-state index is 13.0. The first-order valence-corrected chi connectivity index (χ1v) is 11.2. The van der Waals surface area contributed by atoms with Gasteiger partial charge in [0.25, 0.3) is 11.5 Å². The monoisotopic (exact) mass is 412 g/mol. The van der Waals surface area contributed by atoms with Crippen molar-refractivity contribution in [1.29, 1.82) is 0 Å². The maximum Gasteiger partial charge on any atom is 0.280 e. The summed E-state index contributed by atoms with van der Waals surface area (Å²) in [6.45, 7) is 6.18. The van der Waals surface area contributed by atoms with E-state index in [2.05, 4.69) is 21.8 Å². The summed E-state index contributed by atoms with van der Waals surface area (Å²) >= 11 is 0. The number of β-amino-alcohol motifs (C(OH)–C–C–N with tert-alkyl or cyclic N) is 1. The van der Waals surface area contributed by atoms with Crippen molar-refractivity contribution < 1.29 is 9.90 Å². The highest BCUT2D eigenvalue weighted by atomic mass is 16.3. The molecule has 0 bridgehead atoms. The first-order chi connectivity index (χ1) is 14.5. The van der Waals surface area contributed by atoms with E-state index in [0.29, 0.717) is 24.1 Å². The number of hydrogen-bond acceptors (Lipinski definition) is 5. The lowest BCUT2D eigenvalue weighted by Crippen LogP contribution is -2.54. The first kappa shape index (κ1) is 21.0. The zero-order chi connectivity index (χ0) is 21.1. The van der Waals surface area contributed by atoms with Gasteiger partial charge < -0.3 is 19.9 Å². The van der Waals surface area contributed by atoms with Crippen molar-refractivity contribution in [3.05, 3.63) is 40.3 Å². The summed E-state index contributed by atoms with van der Waals surface area (Å²) in [5.41, 5.74) is 0.843. The Bertz CT molecular complexity index is 949. The molecule has 1 aromatic heterocycles. The second kappa shape index (κ2) is 8.86. The first-order valence-electron chi connectivity index (χ1n) is 11.2. The van der Waals surface area contributed by atoms with Crippen LogP contribution in [-0.4, -0.2) is 69.6 Å². The minimum atomic E-state index is -0.436. The molecule has 0 aliphatic carbocycles. The topological polar surface area (TPSA) is 89.5 Å². The lowest BCUT2D eigenvalue weighted by Gasteiger charge is -2.49. The number of benzene rings is 1. The Morgan fingerprint density at radius 2 is 2.03 bits per heavy atom. The number of H-pyrrole nitrogens is 1. The minimum absolute atomic E-state index is 0.0329. The van der Waals surface area contributed by atoms with Crippen LogP contribution in [-0.2, 0) is 0 Å². The van der Waals surface area contributed by atoms with Gasteiger partial charge in [-0.3, -0.25) is 9.59 Å². The molecule has 2 N–H and O–H groups in total. The van der Waals surface area contributed by atoms with Gasteiger partial charge in [0.1, 0.15) is 0 Å². The summed E-state index contributed by atoms with van der Waals surface area (Å²) in [5, 5.41) is 10.5. The van der Waals surface area contributed by atoms with Crippen LogP contribution in [0.3, 0.4) is 0 Å². The van der Waals surface area contributed by atoms with Crippen LogP contribution in [0.25, 0.3) is 11.0 Å². The highest BCUT2D eigenvalue weighted by molar-refractivity contribution is 5.93. The third kappa shape index (κ3) is 4.42. The van der Waals surface area contributed by atoms with Gasteiger partial charge in [-0.15, -0.1) is 0 Å². The number of amides is 1.